The number of rotatable bonds is 3. The lowest BCUT2D eigenvalue weighted by Crippen LogP contribution is -2.52. The Kier molecular flexibility index (Phi) is 5.00. The van der Waals surface area contributed by atoms with Gasteiger partial charge in [0.1, 0.15) is 0 Å². The molecular weight excluding hydrogens is 250 g/mol. The van der Waals surface area contributed by atoms with Gasteiger partial charge in [-0.1, -0.05) is 12.8 Å². The fraction of sp³-hybridized carbons (Fsp3) is 1.00. The standard InChI is InChI=1S/C12H25N3O2S/c1-13-12-7-6-10-15(11-12)18(16,17)14-8-4-2-3-5-9-14/h12-13H,2-11H2,1H3. The van der Waals surface area contributed by atoms with E-state index in [0.717, 1.165) is 38.5 Å². The van der Waals surface area contributed by atoms with Crippen LogP contribution < -0.4 is 5.32 Å². The van der Waals surface area contributed by atoms with E-state index in [-0.39, 0.29) is 0 Å². The Hall–Kier alpha value is -0.170. The van der Waals surface area contributed by atoms with E-state index in [1.807, 2.05) is 7.05 Å². The zero-order chi connectivity index (χ0) is 13.0. The molecule has 1 N–H and O–H groups in total. The van der Waals surface area contributed by atoms with Crippen molar-refractivity contribution >= 4 is 10.2 Å². The topological polar surface area (TPSA) is 52.7 Å². The van der Waals surface area contributed by atoms with Gasteiger partial charge in [-0.2, -0.15) is 17.0 Å². The van der Waals surface area contributed by atoms with Crippen LogP contribution in [0.1, 0.15) is 38.5 Å². The molecular formula is C12H25N3O2S. The summed E-state index contributed by atoms with van der Waals surface area (Å²) >= 11 is 0. The Morgan fingerprint density at radius 1 is 0.944 bits per heavy atom. The lowest BCUT2D eigenvalue weighted by atomic mass is 10.1. The Balaban J connectivity index is 2.04. The Bertz CT molecular complexity index is 350. The molecule has 18 heavy (non-hydrogen) atoms. The zero-order valence-electron chi connectivity index (χ0n) is 11.3. The van der Waals surface area contributed by atoms with E-state index >= 15 is 0 Å². The maximum Gasteiger partial charge on any atom is 0.282 e. The van der Waals surface area contributed by atoms with Gasteiger partial charge in [-0.15, -0.1) is 0 Å². The molecule has 0 saturated carbocycles. The molecule has 2 saturated heterocycles. The lowest BCUT2D eigenvalue weighted by molar-refractivity contribution is 0.268. The van der Waals surface area contributed by atoms with Crippen LogP contribution in [0.25, 0.3) is 0 Å². The molecule has 0 radical (unpaired) electrons. The molecule has 2 fully saturated rings. The van der Waals surface area contributed by atoms with Gasteiger partial charge >= 0.3 is 0 Å². The molecule has 1 unspecified atom stereocenters. The lowest BCUT2D eigenvalue weighted by Gasteiger charge is -2.35. The molecule has 0 aromatic carbocycles. The van der Waals surface area contributed by atoms with Crippen molar-refractivity contribution in [3.63, 3.8) is 0 Å². The summed E-state index contributed by atoms with van der Waals surface area (Å²) in [6, 6.07) is 0.306. The smallest absolute Gasteiger partial charge is 0.282 e. The maximum atomic E-state index is 12.6. The minimum atomic E-state index is -3.22. The van der Waals surface area contributed by atoms with Crippen LogP contribution in [0.5, 0.6) is 0 Å². The maximum absolute atomic E-state index is 12.6. The summed E-state index contributed by atoms with van der Waals surface area (Å²) in [7, 11) is -1.32. The van der Waals surface area contributed by atoms with E-state index in [9.17, 15) is 8.42 Å². The molecule has 106 valence electrons. The van der Waals surface area contributed by atoms with Crippen molar-refractivity contribution in [2.75, 3.05) is 33.2 Å². The molecule has 2 aliphatic rings. The Morgan fingerprint density at radius 2 is 1.56 bits per heavy atom. The third kappa shape index (κ3) is 3.23. The number of hydrogen-bond donors (Lipinski definition) is 1. The number of piperidine rings is 1. The second-order valence-corrected chi connectivity index (χ2v) is 7.24. The van der Waals surface area contributed by atoms with Gasteiger partial charge in [-0.3, -0.25) is 0 Å². The fourth-order valence-electron chi connectivity index (χ4n) is 2.82. The van der Waals surface area contributed by atoms with Crippen molar-refractivity contribution < 1.29 is 8.42 Å². The predicted octanol–water partition coefficient (Wildman–Crippen LogP) is 0.791. The minimum Gasteiger partial charge on any atom is -0.316 e. The van der Waals surface area contributed by atoms with Crippen LogP contribution in [0.15, 0.2) is 0 Å². The van der Waals surface area contributed by atoms with Crippen LogP contribution in [0.3, 0.4) is 0 Å². The summed E-state index contributed by atoms with van der Waals surface area (Å²) in [4.78, 5) is 0. The van der Waals surface area contributed by atoms with E-state index in [1.54, 1.807) is 8.61 Å². The highest BCUT2D eigenvalue weighted by molar-refractivity contribution is 7.86. The van der Waals surface area contributed by atoms with Crippen molar-refractivity contribution in [3.05, 3.63) is 0 Å². The van der Waals surface area contributed by atoms with Gasteiger partial charge in [0.15, 0.2) is 0 Å². The van der Waals surface area contributed by atoms with E-state index in [2.05, 4.69) is 5.32 Å². The Morgan fingerprint density at radius 3 is 2.17 bits per heavy atom. The van der Waals surface area contributed by atoms with Crippen molar-refractivity contribution in [1.82, 2.24) is 13.9 Å². The van der Waals surface area contributed by atoms with Crippen LogP contribution in [0.4, 0.5) is 0 Å². The molecule has 0 aliphatic carbocycles. The fourth-order valence-corrected chi connectivity index (χ4v) is 4.60. The first-order chi connectivity index (χ1) is 8.64. The van der Waals surface area contributed by atoms with Crippen LogP contribution in [-0.2, 0) is 10.2 Å². The van der Waals surface area contributed by atoms with E-state index in [0.29, 0.717) is 32.2 Å². The molecule has 2 rings (SSSR count). The molecule has 2 heterocycles. The van der Waals surface area contributed by atoms with Crippen molar-refractivity contribution in [2.45, 2.75) is 44.6 Å². The molecule has 0 bridgehead atoms. The first kappa shape index (κ1) is 14.2. The van der Waals surface area contributed by atoms with Gasteiger partial charge in [0.05, 0.1) is 0 Å². The first-order valence-electron chi connectivity index (χ1n) is 7.07. The molecule has 2 aliphatic heterocycles. The highest BCUT2D eigenvalue weighted by atomic mass is 32.2. The highest BCUT2D eigenvalue weighted by Gasteiger charge is 2.33. The number of likely N-dealkylation sites (N-methyl/N-ethyl adjacent to an activating group) is 1. The average Bonchev–Trinajstić information content (AvgIpc) is 2.68. The number of nitrogens with zero attached hydrogens (tertiary/aromatic N) is 2. The summed E-state index contributed by atoms with van der Waals surface area (Å²) in [5.74, 6) is 0. The van der Waals surface area contributed by atoms with Crippen molar-refractivity contribution in [1.29, 1.82) is 0 Å². The monoisotopic (exact) mass is 275 g/mol. The summed E-state index contributed by atoms with van der Waals surface area (Å²) in [5.41, 5.74) is 0. The van der Waals surface area contributed by atoms with Crippen molar-refractivity contribution in [3.8, 4) is 0 Å². The Labute approximate surface area is 111 Å². The van der Waals surface area contributed by atoms with Crippen LogP contribution in [0, 0.1) is 0 Å². The summed E-state index contributed by atoms with van der Waals surface area (Å²) in [6.45, 7) is 2.69. The zero-order valence-corrected chi connectivity index (χ0v) is 12.1. The second kappa shape index (κ2) is 6.32. The molecule has 5 nitrogen and oxygen atoms in total. The third-order valence-electron chi connectivity index (χ3n) is 4.01. The number of nitrogens with one attached hydrogen (secondary N) is 1. The first-order valence-corrected chi connectivity index (χ1v) is 8.47. The molecule has 6 heteroatoms. The predicted molar refractivity (Wildman–Crippen MR) is 72.6 cm³/mol. The van der Waals surface area contributed by atoms with E-state index in [4.69, 9.17) is 0 Å². The van der Waals surface area contributed by atoms with Gasteiger partial charge < -0.3 is 5.32 Å². The second-order valence-electron chi connectivity index (χ2n) is 5.31. The molecule has 1 atom stereocenters. The quantitative estimate of drug-likeness (QED) is 0.828. The molecule has 0 amide bonds. The van der Waals surface area contributed by atoms with Gasteiger partial charge in [-0.25, -0.2) is 0 Å². The van der Waals surface area contributed by atoms with Gasteiger partial charge in [0.25, 0.3) is 10.2 Å². The normalized spacial score (nSPS) is 29.1. The average molecular weight is 275 g/mol. The van der Waals surface area contributed by atoms with E-state index in [1.165, 1.54) is 0 Å². The largest absolute Gasteiger partial charge is 0.316 e. The highest BCUT2D eigenvalue weighted by Crippen LogP contribution is 2.20. The minimum absolute atomic E-state index is 0.306. The van der Waals surface area contributed by atoms with Gasteiger partial charge in [0.2, 0.25) is 0 Å². The molecule has 0 spiro atoms. The van der Waals surface area contributed by atoms with Gasteiger partial charge in [-0.05, 0) is 32.7 Å². The van der Waals surface area contributed by atoms with Gasteiger partial charge in [0, 0.05) is 32.2 Å². The summed E-state index contributed by atoms with van der Waals surface area (Å²) < 4.78 is 28.5. The van der Waals surface area contributed by atoms with E-state index < -0.39 is 10.2 Å². The van der Waals surface area contributed by atoms with Crippen LogP contribution in [-0.4, -0.2) is 56.3 Å². The number of hydrogen-bond acceptors (Lipinski definition) is 3. The third-order valence-corrected chi connectivity index (χ3v) is 6.01. The van der Waals surface area contributed by atoms with Crippen molar-refractivity contribution in [2.24, 2.45) is 0 Å². The molecule has 0 aromatic rings. The molecule has 0 aromatic heterocycles. The summed E-state index contributed by atoms with van der Waals surface area (Å²) in [5, 5.41) is 3.20. The van der Waals surface area contributed by atoms with Crippen LogP contribution >= 0.6 is 0 Å². The summed E-state index contributed by atoms with van der Waals surface area (Å²) in [6.07, 6.45) is 6.35. The van der Waals surface area contributed by atoms with Crippen LogP contribution in [0.2, 0.25) is 0 Å². The SMILES string of the molecule is CNC1CCCN(S(=O)(=O)N2CCCCCC2)C1.